The summed E-state index contributed by atoms with van der Waals surface area (Å²) in [5, 5.41) is 3.10. The van der Waals surface area contributed by atoms with E-state index < -0.39 is 0 Å². The van der Waals surface area contributed by atoms with E-state index in [0.717, 1.165) is 48.4 Å². The summed E-state index contributed by atoms with van der Waals surface area (Å²) in [4.78, 5) is 14.3. The zero-order chi connectivity index (χ0) is 20.8. The van der Waals surface area contributed by atoms with Crippen molar-refractivity contribution in [2.24, 2.45) is 5.73 Å². The molecule has 1 aliphatic rings. The number of likely N-dealkylation sites (tertiary alicyclic amines) is 1. The summed E-state index contributed by atoms with van der Waals surface area (Å²) in [7, 11) is 0. The number of piperidine rings is 1. The van der Waals surface area contributed by atoms with E-state index in [4.69, 9.17) is 17.3 Å². The lowest BCUT2D eigenvalue weighted by Crippen LogP contribution is -2.39. The molecule has 0 bridgehead atoms. The minimum absolute atomic E-state index is 0.230. The first-order chi connectivity index (χ1) is 14.1. The van der Waals surface area contributed by atoms with E-state index >= 15 is 0 Å². The van der Waals surface area contributed by atoms with Crippen LogP contribution in [0, 0.1) is 0 Å². The van der Waals surface area contributed by atoms with Gasteiger partial charge in [-0.3, -0.25) is 4.79 Å². The normalized spacial score (nSPS) is 16.4. The molecule has 0 atom stereocenters. The van der Waals surface area contributed by atoms with Crippen LogP contribution in [-0.4, -0.2) is 35.0 Å². The maximum atomic E-state index is 12.3. The Balaban J connectivity index is 1.90. The zero-order valence-corrected chi connectivity index (χ0v) is 17.9. The Labute approximate surface area is 178 Å². The standard InChI is InChI=1S/C24H30ClN3O/c1-3-6-21-22(18-12-15-27(16-13-18)24(29)7-5-14-26)17-28(23(21)4-2)20-10-8-19(25)9-11-20/h3-4,6,8-11,17-18H,1,5,7,12-16,26H2,2H3/b21-6-,23-4+. The highest BCUT2D eigenvalue weighted by molar-refractivity contribution is 6.30. The van der Waals surface area contributed by atoms with Gasteiger partial charge in [-0.1, -0.05) is 36.4 Å². The highest BCUT2D eigenvalue weighted by atomic mass is 35.5. The maximum Gasteiger partial charge on any atom is 0.222 e. The molecule has 1 aromatic carbocycles. The van der Waals surface area contributed by atoms with E-state index in [1.807, 2.05) is 35.2 Å². The molecule has 0 spiro atoms. The fraction of sp³-hybridized carbons (Fsp3) is 0.375. The van der Waals surface area contributed by atoms with E-state index in [0.29, 0.717) is 18.9 Å². The van der Waals surface area contributed by atoms with Gasteiger partial charge >= 0.3 is 0 Å². The summed E-state index contributed by atoms with van der Waals surface area (Å²) in [6, 6.07) is 7.90. The largest absolute Gasteiger partial charge is 0.343 e. The van der Waals surface area contributed by atoms with Gasteiger partial charge in [-0.2, -0.15) is 0 Å². The molecule has 0 unspecified atom stereocenters. The van der Waals surface area contributed by atoms with Crippen LogP contribution in [0.1, 0.15) is 44.1 Å². The third-order valence-electron chi connectivity index (χ3n) is 5.66. The van der Waals surface area contributed by atoms with E-state index in [2.05, 4.69) is 36.4 Å². The van der Waals surface area contributed by atoms with Crippen LogP contribution >= 0.6 is 11.6 Å². The molecule has 4 nitrogen and oxygen atoms in total. The number of halogens is 1. The van der Waals surface area contributed by atoms with Gasteiger partial charge in [-0.05, 0) is 68.5 Å². The first-order valence-electron chi connectivity index (χ1n) is 10.3. The minimum Gasteiger partial charge on any atom is -0.343 e. The van der Waals surface area contributed by atoms with Gasteiger partial charge < -0.3 is 15.2 Å². The number of carbonyl (C=O) groups is 1. The minimum atomic E-state index is 0.230. The Bertz CT molecular complexity index is 967. The van der Waals surface area contributed by atoms with Crippen molar-refractivity contribution in [3.05, 3.63) is 64.3 Å². The molecule has 154 valence electrons. The summed E-state index contributed by atoms with van der Waals surface area (Å²) in [6.45, 7) is 8.15. The van der Waals surface area contributed by atoms with E-state index in [-0.39, 0.29) is 5.91 Å². The first kappa shape index (κ1) is 21.4. The lowest BCUT2D eigenvalue weighted by molar-refractivity contribution is -0.132. The molecule has 3 rings (SSSR count). The topological polar surface area (TPSA) is 51.3 Å². The van der Waals surface area contributed by atoms with Crippen LogP contribution < -0.4 is 16.3 Å². The second-order valence-corrected chi connectivity index (χ2v) is 7.90. The average Bonchev–Trinajstić information content (AvgIpc) is 3.11. The molecular weight excluding hydrogens is 382 g/mol. The number of nitrogens with two attached hydrogens (primary N) is 1. The average molecular weight is 412 g/mol. The number of benzene rings is 1. The highest BCUT2D eigenvalue weighted by Crippen LogP contribution is 2.27. The summed E-state index contributed by atoms with van der Waals surface area (Å²) in [6.07, 6.45) is 11.6. The third kappa shape index (κ3) is 4.82. The Hall–Kier alpha value is -2.30. The second-order valence-electron chi connectivity index (χ2n) is 7.47. The molecule has 5 heteroatoms. The third-order valence-corrected chi connectivity index (χ3v) is 5.91. The predicted molar refractivity (Wildman–Crippen MR) is 122 cm³/mol. The van der Waals surface area contributed by atoms with Crippen molar-refractivity contribution in [2.75, 3.05) is 19.6 Å². The van der Waals surface area contributed by atoms with Gasteiger partial charge in [0.1, 0.15) is 0 Å². The van der Waals surface area contributed by atoms with E-state index in [9.17, 15) is 4.79 Å². The summed E-state index contributed by atoms with van der Waals surface area (Å²) < 4.78 is 2.22. The molecule has 2 heterocycles. The first-order valence-corrected chi connectivity index (χ1v) is 10.7. The van der Waals surface area contributed by atoms with Crippen LogP contribution in [0.15, 0.2) is 43.1 Å². The molecule has 0 aliphatic carbocycles. The van der Waals surface area contributed by atoms with Gasteiger partial charge in [0.2, 0.25) is 5.91 Å². The van der Waals surface area contributed by atoms with E-state index in [1.54, 1.807) is 0 Å². The van der Waals surface area contributed by atoms with Gasteiger partial charge in [0.15, 0.2) is 0 Å². The van der Waals surface area contributed by atoms with Crippen molar-refractivity contribution in [1.82, 2.24) is 9.47 Å². The van der Waals surface area contributed by atoms with Crippen molar-refractivity contribution in [2.45, 2.75) is 38.5 Å². The van der Waals surface area contributed by atoms with Crippen molar-refractivity contribution in [3.63, 3.8) is 0 Å². The van der Waals surface area contributed by atoms with Gasteiger partial charge in [0.25, 0.3) is 0 Å². The molecule has 1 aliphatic heterocycles. The number of hydrogen-bond acceptors (Lipinski definition) is 2. The number of allylic oxidation sites excluding steroid dienone is 1. The highest BCUT2D eigenvalue weighted by Gasteiger charge is 2.25. The lowest BCUT2D eigenvalue weighted by atomic mass is 9.89. The predicted octanol–water partition coefficient (Wildman–Crippen LogP) is 3.34. The number of hydrogen-bond donors (Lipinski definition) is 1. The summed E-state index contributed by atoms with van der Waals surface area (Å²) in [5.74, 6) is 0.653. The molecular formula is C24H30ClN3O. The van der Waals surface area contributed by atoms with Crippen LogP contribution in [0.5, 0.6) is 0 Å². The molecule has 1 fully saturated rings. The number of amides is 1. The molecule has 0 radical (unpaired) electrons. The fourth-order valence-corrected chi connectivity index (χ4v) is 4.27. The lowest BCUT2D eigenvalue weighted by Gasteiger charge is -2.32. The van der Waals surface area contributed by atoms with Gasteiger partial charge in [0, 0.05) is 47.0 Å². The summed E-state index contributed by atoms with van der Waals surface area (Å²) in [5.41, 5.74) is 7.95. The van der Waals surface area contributed by atoms with Gasteiger partial charge in [0.05, 0.1) is 0 Å². The zero-order valence-electron chi connectivity index (χ0n) is 17.1. The second kappa shape index (κ2) is 9.95. The van der Waals surface area contributed by atoms with Crippen LogP contribution in [-0.2, 0) is 4.79 Å². The molecule has 0 saturated carbocycles. The Morgan fingerprint density at radius 2 is 1.97 bits per heavy atom. The summed E-state index contributed by atoms with van der Waals surface area (Å²) >= 11 is 6.08. The van der Waals surface area contributed by atoms with Crippen LogP contribution in [0.25, 0.3) is 17.8 Å². The van der Waals surface area contributed by atoms with Gasteiger partial charge in [-0.25, -0.2) is 0 Å². The molecule has 2 N–H and O–H groups in total. The van der Waals surface area contributed by atoms with Crippen LogP contribution in [0.2, 0.25) is 5.02 Å². The maximum absolute atomic E-state index is 12.3. The SMILES string of the molecule is C=C/C=c1/c(C2CCN(C(=O)CCCN)CC2)cn(-c2ccc(Cl)cc2)/c1=C/C. The molecule has 1 saturated heterocycles. The molecule has 2 aromatic rings. The molecule has 1 amide bonds. The van der Waals surface area contributed by atoms with Crippen molar-refractivity contribution < 1.29 is 4.79 Å². The van der Waals surface area contributed by atoms with Gasteiger partial charge in [-0.15, -0.1) is 0 Å². The number of rotatable bonds is 6. The van der Waals surface area contributed by atoms with Crippen molar-refractivity contribution >= 4 is 29.7 Å². The van der Waals surface area contributed by atoms with Crippen molar-refractivity contribution in [3.8, 4) is 5.69 Å². The Morgan fingerprint density at radius 3 is 2.55 bits per heavy atom. The number of nitrogens with zero attached hydrogens (tertiary/aromatic N) is 2. The Kier molecular flexibility index (Phi) is 7.34. The van der Waals surface area contributed by atoms with Crippen LogP contribution in [0.3, 0.4) is 0 Å². The molecule has 29 heavy (non-hydrogen) atoms. The quantitative estimate of drug-likeness (QED) is 0.792. The monoisotopic (exact) mass is 411 g/mol. The van der Waals surface area contributed by atoms with Crippen LogP contribution in [0.4, 0.5) is 0 Å². The Morgan fingerprint density at radius 1 is 1.28 bits per heavy atom. The van der Waals surface area contributed by atoms with Crippen molar-refractivity contribution in [1.29, 1.82) is 0 Å². The molecule has 1 aromatic heterocycles. The number of carbonyl (C=O) groups excluding carboxylic acids is 1. The smallest absolute Gasteiger partial charge is 0.222 e. The van der Waals surface area contributed by atoms with E-state index in [1.165, 1.54) is 10.8 Å². The fourth-order valence-electron chi connectivity index (χ4n) is 4.14. The number of aromatic nitrogens is 1.